The SMILES string of the molecule is COC(=O)c1c(NC(=O)CSc2nnc(C(C)Oc3ccc(Br)cc3)n2C)sc(C(N)=O)c1C. The van der Waals surface area contributed by atoms with Crippen molar-refractivity contribution >= 4 is 61.8 Å². The summed E-state index contributed by atoms with van der Waals surface area (Å²) < 4.78 is 13.4. The molecule has 0 fully saturated rings. The number of anilines is 1. The number of methoxy groups -OCH3 is 1. The monoisotopic (exact) mass is 567 g/mol. The number of rotatable bonds is 9. The van der Waals surface area contributed by atoms with Gasteiger partial charge in [-0.05, 0) is 43.7 Å². The van der Waals surface area contributed by atoms with E-state index in [1.54, 1.807) is 18.5 Å². The van der Waals surface area contributed by atoms with E-state index in [0.717, 1.165) is 15.8 Å². The molecule has 1 atom stereocenters. The predicted molar refractivity (Wildman–Crippen MR) is 132 cm³/mol. The lowest BCUT2D eigenvalue weighted by molar-refractivity contribution is -0.113. The fraction of sp³-hybridized carbons (Fsp3) is 0.286. The van der Waals surface area contributed by atoms with Crippen LogP contribution in [0.15, 0.2) is 33.9 Å². The average molecular weight is 568 g/mol. The van der Waals surface area contributed by atoms with E-state index in [1.807, 2.05) is 31.2 Å². The van der Waals surface area contributed by atoms with Crippen molar-refractivity contribution in [1.29, 1.82) is 0 Å². The highest BCUT2D eigenvalue weighted by molar-refractivity contribution is 9.10. The van der Waals surface area contributed by atoms with Gasteiger partial charge in [0, 0.05) is 11.5 Å². The van der Waals surface area contributed by atoms with Gasteiger partial charge in [0.15, 0.2) is 17.1 Å². The van der Waals surface area contributed by atoms with Crippen molar-refractivity contribution < 1.29 is 23.9 Å². The van der Waals surface area contributed by atoms with Gasteiger partial charge in [0.05, 0.1) is 23.3 Å². The van der Waals surface area contributed by atoms with Crippen molar-refractivity contribution in [1.82, 2.24) is 14.8 Å². The molecule has 3 rings (SSSR count). The quantitative estimate of drug-likeness (QED) is 0.294. The number of carbonyl (C=O) groups is 3. The lowest BCUT2D eigenvalue weighted by atomic mass is 10.1. The van der Waals surface area contributed by atoms with Gasteiger partial charge in [0.1, 0.15) is 10.8 Å². The number of amides is 2. The highest BCUT2D eigenvalue weighted by atomic mass is 79.9. The van der Waals surface area contributed by atoms with Crippen LogP contribution in [0.2, 0.25) is 0 Å². The maximum Gasteiger partial charge on any atom is 0.341 e. The zero-order valence-electron chi connectivity index (χ0n) is 18.7. The molecule has 0 aliphatic carbocycles. The second-order valence-electron chi connectivity index (χ2n) is 7.07. The van der Waals surface area contributed by atoms with Crippen LogP contribution < -0.4 is 15.8 Å². The van der Waals surface area contributed by atoms with E-state index >= 15 is 0 Å². The fourth-order valence-electron chi connectivity index (χ4n) is 3.05. The Hall–Kier alpha value is -2.90. The summed E-state index contributed by atoms with van der Waals surface area (Å²) in [6, 6.07) is 7.45. The van der Waals surface area contributed by atoms with E-state index in [1.165, 1.54) is 18.9 Å². The molecule has 0 radical (unpaired) electrons. The Morgan fingerprint density at radius 1 is 1.26 bits per heavy atom. The molecule has 3 aromatic rings. The van der Waals surface area contributed by atoms with E-state index in [0.29, 0.717) is 22.3 Å². The van der Waals surface area contributed by atoms with Crippen LogP contribution in [0.3, 0.4) is 0 Å². The molecule has 3 N–H and O–H groups in total. The minimum Gasteiger partial charge on any atom is -0.483 e. The van der Waals surface area contributed by atoms with E-state index in [2.05, 4.69) is 31.4 Å². The smallest absolute Gasteiger partial charge is 0.341 e. The summed E-state index contributed by atoms with van der Waals surface area (Å²) >= 11 is 5.49. The third-order valence-corrected chi connectivity index (χ3v) is 7.47. The number of hydrogen-bond acceptors (Lipinski definition) is 9. The Kier molecular flexibility index (Phi) is 8.33. The first-order chi connectivity index (χ1) is 16.1. The van der Waals surface area contributed by atoms with Gasteiger partial charge in [0.25, 0.3) is 5.91 Å². The summed E-state index contributed by atoms with van der Waals surface area (Å²) in [5.74, 6) is -0.460. The number of primary amides is 1. The molecule has 1 aromatic carbocycles. The highest BCUT2D eigenvalue weighted by Crippen LogP contribution is 2.33. The molecule has 2 heterocycles. The Morgan fingerprint density at radius 2 is 1.94 bits per heavy atom. The molecule has 10 nitrogen and oxygen atoms in total. The number of nitrogens with zero attached hydrogens (tertiary/aromatic N) is 3. The number of ether oxygens (including phenoxy) is 2. The van der Waals surface area contributed by atoms with Crippen molar-refractivity contribution in [3.05, 3.63) is 50.6 Å². The van der Waals surface area contributed by atoms with E-state index in [9.17, 15) is 14.4 Å². The van der Waals surface area contributed by atoms with Crippen LogP contribution in [0.4, 0.5) is 5.00 Å². The first-order valence-electron chi connectivity index (χ1n) is 9.88. The van der Waals surface area contributed by atoms with Crippen molar-refractivity contribution in [2.75, 3.05) is 18.2 Å². The van der Waals surface area contributed by atoms with Crippen molar-refractivity contribution in [3.63, 3.8) is 0 Å². The molecule has 13 heteroatoms. The van der Waals surface area contributed by atoms with Gasteiger partial charge >= 0.3 is 5.97 Å². The lowest BCUT2D eigenvalue weighted by Crippen LogP contribution is -2.16. The van der Waals surface area contributed by atoms with Crippen LogP contribution in [0, 0.1) is 6.92 Å². The van der Waals surface area contributed by atoms with Crippen molar-refractivity contribution in [2.24, 2.45) is 12.8 Å². The second-order valence-corrected chi connectivity index (χ2v) is 9.95. The summed E-state index contributed by atoms with van der Waals surface area (Å²) in [6.45, 7) is 3.43. The Labute approximate surface area is 212 Å². The zero-order chi connectivity index (χ0) is 25.0. The van der Waals surface area contributed by atoms with Crippen LogP contribution >= 0.6 is 39.0 Å². The summed E-state index contributed by atoms with van der Waals surface area (Å²) in [4.78, 5) is 36.6. The standard InChI is InChI=1S/C21H22BrN5O5S2/c1-10-15(20(30)31-4)19(34-16(10)17(23)29)24-14(28)9-33-21-26-25-18(27(21)3)11(2)32-13-7-5-12(22)6-8-13/h5-8,11H,9H2,1-4H3,(H2,23,29)(H,24,28). The lowest BCUT2D eigenvalue weighted by Gasteiger charge is -2.14. The van der Waals surface area contributed by atoms with Gasteiger partial charge in [-0.2, -0.15) is 0 Å². The minimum absolute atomic E-state index is 0.00259. The third-order valence-electron chi connectivity index (χ3n) is 4.70. The second kappa shape index (κ2) is 11.0. The summed E-state index contributed by atoms with van der Waals surface area (Å²) in [5.41, 5.74) is 5.85. The normalized spacial score (nSPS) is 11.7. The molecule has 0 saturated heterocycles. The van der Waals surface area contributed by atoms with Crippen LogP contribution in [-0.4, -0.2) is 45.4 Å². The first kappa shape index (κ1) is 25.7. The van der Waals surface area contributed by atoms with Gasteiger partial charge in [-0.1, -0.05) is 27.7 Å². The van der Waals surface area contributed by atoms with Crippen molar-refractivity contribution in [2.45, 2.75) is 25.1 Å². The van der Waals surface area contributed by atoms with Gasteiger partial charge in [-0.3, -0.25) is 9.59 Å². The Balaban J connectivity index is 1.66. The van der Waals surface area contributed by atoms with Gasteiger partial charge in [0.2, 0.25) is 5.91 Å². The summed E-state index contributed by atoms with van der Waals surface area (Å²) in [7, 11) is 3.01. The van der Waals surface area contributed by atoms with Gasteiger partial charge in [-0.15, -0.1) is 21.5 Å². The highest BCUT2D eigenvalue weighted by Gasteiger charge is 2.25. The molecular weight excluding hydrogens is 546 g/mol. The van der Waals surface area contributed by atoms with Gasteiger partial charge in [-0.25, -0.2) is 4.79 Å². The topological polar surface area (TPSA) is 138 Å². The average Bonchev–Trinajstić information content (AvgIpc) is 3.32. The number of aromatic nitrogens is 3. The molecule has 34 heavy (non-hydrogen) atoms. The number of carbonyl (C=O) groups excluding carboxylic acids is 3. The maximum absolute atomic E-state index is 12.6. The number of halogens is 1. The maximum atomic E-state index is 12.6. The number of thioether (sulfide) groups is 1. The molecule has 0 aliphatic rings. The summed E-state index contributed by atoms with van der Waals surface area (Å²) in [6.07, 6.45) is -0.370. The largest absolute Gasteiger partial charge is 0.483 e. The molecule has 1 unspecified atom stereocenters. The van der Waals surface area contributed by atoms with E-state index in [4.69, 9.17) is 15.2 Å². The van der Waals surface area contributed by atoms with Crippen LogP contribution in [0.5, 0.6) is 5.75 Å². The number of nitrogens with one attached hydrogen (secondary N) is 1. The molecule has 2 amide bonds. The molecule has 0 bridgehead atoms. The van der Waals surface area contributed by atoms with E-state index < -0.39 is 17.8 Å². The third kappa shape index (κ3) is 5.77. The number of benzene rings is 1. The van der Waals surface area contributed by atoms with Crippen LogP contribution in [0.25, 0.3) is 0 Å². The number of nitrogens with two attached hydrogens (primary N) is 1. The molecular formula is C21H22BrN5O5S2. The molecule has 180 valence electrons. The van der Waals surface area contributed by atoms with E-state index in [-0.39, 0.29) is 27.3 Å². The molecule has 0 aliphatic heterocycles. The fourth-order valence-corrected chi connectivity index (χ4v) is 5.10. The zero-order valence-corrected chi connectivity index (χ0v) is 22.0. The Bertz CT molecular complexity index is 1230. The summed E-state index contributed by atoms with van der Waals surface area (Å²) in [5, 5.41) is 11.7. The van der Waals surface area contributed by atoms with Gasteiger partial charge < -0.3 is 25.1 Å². The molecule has 2 aromatic heterocycles. The minimum atomic E-state index is -0.686. The molecule has 0 spiro atoms. The number of thiophene rings is 1. The van der Waals surface area contributed by atoms with Crippen LogP contribution in [0.1, 0.15) is 44.4 Å². The number of esters is 1. The van der Waals surface area contributed by atoms with Crippen molar-refractivity contribution in [3.8, 4) is 5.75 Å². The number of hydrogen-bond donors (Lipinski definition) is 2. The molecule has 0 saturated carbocycles. The first-order valence-corrected chi connectivity index (χ1v) is 12.5. The Morgan fingerprint density at radius 3 is 2.56 bits per heavy atom. The predicted octanol–water partition coefficient (Wildman–Crippen LogP) is 3.70. The van der Waals surface area contributed by atoms with Crippen LogP contribution in [-0.2, 0) is 16.6 Å².